The fraction of sp³-hybridized carbons (Fsp3) is 0.375. The molecule has 1 aromatic rings. The number of hydrogen-bond acceptors (Lipinski definition) is 6. The summed E-state index contributed by atoms with van der Waals surface area (Å²) >= 11 is 0. The van der Waals surface area contributed by atoms with Crippen molar-refractivity contribution < 1.29 is 24.6 Å². The van der Waals surface area contributed by atoms with Gasteiger partial charge in [0.2, 0.25) is 5.69 Å². The first-order valence-electron chi connectivity index (χ1n) is 10.6. The maximum Gasteiger partial charge on any atom is 0.325 e. The summed E-state index contributed by atoms with van der Waals surface area (Å²) in [7, 11) is 0. The van der Waals surface area contributed by atoms with Crippen LogP contribution >= 0.6 is 0 Å². The van der Waals surface area contributed by atoms with E-state index in [9.17, 15) is 15.1 Å². The van der Waals surface area contributed by atoms with Crippen LogP contribution in [0.5, 0.6) is 0 Å². The van der Waals surface area contributed by atoms with Crippen LogP contribution in [0.2, 0.25) is 0 Å². The number of carbonyl (C=O) groups excluding carboxylic acids is 1. The number of ether oxygens (including phenoxy) is 1. The minimum atomic E-state index is -1.03. The molecular formula is C24H29N4O4+. The Morgan fingerprint density at radius 3 is 2.78 bits per heavy atom. The molecule has 0 saturated heterocycles. The number of pyridine rings is 1. The third-order valence-corrected chi connectivity index (χ3v) is 5.64. The number of rotatable bonds is 6. The summed E-state index contributed by atoms with van der Waals surface area (Å²) in [5, 5.41) is 34.7. The number of nitrogens with one attached hydrogen (secondary N) is 3. The normalized spacial score (nSPS) is 24.2. The molecule has 1 fully saturated rings. The number of aryl methyl sites for hydroxylation is 1. The van der Waals surface area contributed by atoms with E-state index in [1.54, 1.807) is 37.4 Å². The third-order valence-electron chi connectivity index (χ3n) is 5.64. The summed E-state index contributed by atoms with van der Waals surface area (Å²) in [6.07, 6.45) is 12.8. The third kappa shape index (κ3) is 5.18. The van der Waals surface area contributed by atoms with Crippen molar-refractivity contribution >= 4 is 11.6 Å². The fourth-order valence-corrected chi connectivity index (χ4v) is 3.67. The predicted molar refractivity (Wildman–Crippen MR) is 119 cm³/mol. The summed E-state index contributed by atoms with van der Waals surface area (Å²) in [6, 6.07) is 5.01. The zero-order valence-electron chi connectivity index (χ0n) is 18.3. The van der Waals surface area contributed by atoms with Gasteiger partial charge in [-0.3, -0.25) is 10.0 Å². The van der Waals surface area contributed by atoms with Crippen molar-refractivity contribution in [2.45, 2.75) is 51.2 Å². The molecule has 1 saturated carbocycles. The van der Waals surface area contributed by atoms with Crippen LogP contribution in [0.1, 0.15) is 48.8 Å². The largest absolute Gasteiger partial charge is 0.492 e. The zero-order chi connectivity index (χ0) is 23.3. The molecule has 2 aliphatic carbocycles. The van der Waals surface area contributed by atoms with Crippen LogP contribution in [0, 0.1) is 24.7 Å². The van der Waals surface area contributed by atoms with Crippen molar-refractivity contribution in [1.29, 1.82) is 5.41 Å². The Labute approximate surface area is 187 Å². The van der Waals surface area contributed by atoms with Crippen molar-refractivity contribution in [2.24, 2.45) is 0 Å². The molecule has 2 aliphatic rings. The number of hydrogen-bond donors (Lipinski definition) is 5. The highest BCUT2D eigenvalue weighted by Gasteiger charge is 2.31. The standard InChI is InChI=1S/C24H28N4O4/c1-4-24(30)11-9-18(10-12-24)26-15-17-13-20(22(32-5-2)14-19(17)25)27-23(29)21-8-6-7-16(3)28(21)31/h1,6-8,13-15,18,25,29-31H,5,9-12H2,2-3H3/p+1/t18-,24-. The Kier molecular flexibility index (Phi) is 7.01. The number of carbonyl (C=O) groups is 1. The highest BCUT2D eigenvalue weighted by Crippen LogP contribution is 2.28. The topological polar surface area (TPSA) is 119 Å². The number of amides is 1. The second-order valence-electron chi connectivity index (χ2n) is 7.95. The van der Waals surface area contributed by atoms with Gasteiger partial charge in [-0.05, 0) is 44.7 Å². The average Bonchev–Trinajstić information content (AvgIpc) is 2.77. The van der Waals surface area contributed by atoms with E-state index in [1.165, 1.54) is 6.07 Å². The van der Waals surface area contributed by atoms with Crippen molar-refractivity contribution in [3.05, 3.63) is 65.0 Å². The molecule has 1 aromatic heterocycles. The molecule has 32 heavy (non-hydrogen) atoms. The van der Waals surface area contributed by atoms with Gasteiger partial charge in [0.1, 0.15) is 11.4 Å². The first-order valence-corrected chi connectivity index (χ1v) is 10.6. The van der Waals surface area contributed by atoms with Crippen LogP contribution in [-0.4, -0.2) is 40.2 Å². The van der Waals surface area contributed by atoms with E-state index in [4.69, 9.17) is 16.6 Å². The smallest absolute Gasteiger partial charge is 0.325 e. The van der Waals surface area contributed by atoms with Gasteiger partial charge in [0.15, 0.2) is 0 Å². The van der Waals surface area contributed by atoms with Gasteiger partial charge >= 0.3 is 11.6 Å². The van der Waals surface area contributed by atoms with Crippen molar-refractivity contribution in [1.82, 2.24) is 10.6 Å². The Morgan fingerprint density at radius 2 is 2.12 bits per heavy atom. The van der Waals surface area contributed by atoms with Gasteiger partial charge in [-0.15, -0.1) is 6.42 Å². The number of nitrogens with zero attached hydrogens (tertiary/aromatic N) is 1. The lowest BCUT2D eigenvalue weighted by molar-refractivity contribution is -0.909. The van der Waals surface area contributed by atoms with E-state index < -0.39 is 11.5 Å². The molecule has 0 aliphatic heterocycles. The van der Waals surface area contributed by atoms with Crippen LogP contribution in [0.3, 0.4) is 0 Å². The van der Waals surface area contributed by atoms with E-state index in [1.807, 2.05) is 6.92 Å². The lowest BCUT2D eigenvalue weighted by atomic mass is 9.83. The highest BCUT2D eigenvalue weighted by atomic mass is 16.5. The highest BCUT2D eigenvalue weighted by molar-refractivity contribution is 6.10. The number of terminal acetylenes is 1. The second kappa shape index (κ2) is 9.71. The first kappa shape index (κ1) is 23.1. The van der Waals surface area contributed by atoms with Gasteiger partial charge in [-0.1, -0.05) is 5.92 Å². The molecule has 0 spiro atoms. The number of aliphatic hydroxyl groups is 1. The van der Waals surface area contributed by atoms with Crippen LogP contribution in [-0.2, 0) is 4.74 Å². The van der Waals surface area contributed by atoms with Crippen molar-refractivity contribution in [3.63, 3.8) is 0 Å². The quantitative estimate of drug-likeness (QED) is 0.265. The predicted octanol–water partition coefficient (Wildman–Crippen LogP) is 1.87. The summed E-state index contributed by atoms with van der Waals surface area (Å²) in [6.45, 7) is 3.87. The van der Waals surface area contributed by atoms with E-state index in [2.05, 4.69) is 16.6 Å². The maximum absolute atomic E-state index is 12.8. The van der Waals surface area contributed by atoms with Gasteiger partial charge in [0, 0.05) is 47.7 Å². The van der Waals surface area contributed by atoms with Crippen molar-refractivity contribution in [2.75, 3.05) is 6.61 Å². The maximum atomic E-state index is 12.8. The summed E-state index contributed by atoms with van der Waals surface area (Å²) in [5.41, 5.74) is 0.772. The second-order valence-corrected chi connectivity index (χ2v) is 7.95. The van der Waals surface area contributed by atoms with Crippen LogP contribution in [0.25, 0.3) is 0 Å². The van der Waals surface area contributed by atoms with Crippen LogP contribution in [0.15, 0.2) is 53.6 Å². The van der Waals surface area contributed by atoms with E-state index in [-0.39, 0.29) is 17.4 Å². The molecule has 0 unspecified atom stereocenters. The molecule has 168 valence electrons. The average molecular weight is 438 g/mol. The summed E-state index contributed by atoms with van der Waals surface area (Å²) < 4.78 is 6.43. The van der Waals surface area contributed by atoms with E-state index in [0.29, 0.717) is 42.2 Å². The lowest BCUT2D eigenvalue weighted by Gasteiger charge is -2.32. The Morgan fingerprint density at radius 1 is 1.41 bits per heavy atom. The summed E-state index contributed by atoms with van der Waals surface area (Å²) in [4.78, 5) is 12.8. The molecule has 1 heterocycles. The van der Waals surface area contributed by atoms with Gasteiger partial charge in [-0.2, -0.15) is 0 Å². The lowest BCUT2D eigenvalue weighted by Crippen LogP contribution is -2.44. The molecular weight excluding hydrogens is 408 g/mol. The minimum absolute atomic E-state index is 0.0780. The Balaban J connectivity index is 1.77. The van der Waals surface area contributed by atoms with E-state index in [0.717, 1.165) is 17.6 Å². The SMILES string of the molecule is C#C[C@]1(O)CC[C@H](N/C=C2/C=C(NC(=O)c3cccc(C)[n+]3O)C(OCC)=CC2=N)CC1. The van der Waals surface area contributed by atoms with Crippen LogP contribution in [0.4, 0.5) is 0 Å². The fourth-order valence-electron chi connectivity index (χ4n) is 3.67. The Bertz CT molecular complexity index is 1040. The molecule has 8 nitrogen and oxygen atoms in total. The number of aromatic nitrogens is 1. The molecule has 0 atom stereocenters. The minimum Gasteiger partial charge on any atom is -0.492 e. The van der Waals surface area contributed by atoms with Gasteiger partial charge in [0.25, 0.3) is 0 Å². The molecule has 0 bridgehead atoms. The molecule has 0 radical (unpaired) electrons. The zero-order valence-corrected chi connectivity index (χ0v) is 18.3. The Hall–Kier alpha value is -3.57. The van der Waals surface area contributed by atoms with Crippen molar-refractivity contribution in [3.8, 4) is 12.3 Å². The van der Waals surface area contributed by atoms with Gasteiger partial charge < -0.3 is 25.9 Å². The van der Waals surface area contributed by atoms with Gasteiger partial charge in [-0.25, -0.2) is 0 Å². The molecule has 3 rings (SSSR count). The molecule has 1 amide bonds. The summed E-state index contributed by atoms with van der Waals surface area (Å²) in [5.74, 6) is 2.33. The first-order chi connectivity index (χ1) is 15.3. The van der Waals surface area contributed by atoms with E-state index >= 15 is 0 Å². The molecule has 5 N–H and O–H groups in total. The monoisotopic (exact) mass is 437 g/mol. The molecule has 0 aromatic carbocycles. The molecule has 8 heteroatoms. The number of allylic oxidation sites excluding steroid dienone is 3. The van der Waals surface area contributed by atoms with Crippen LogP contribution < -0.4 is 15.4 Å². The van der Waals surface area contributed by atoms with Gasteiger partial charge in [0.05, 0.1) is 18.0 Å².